The number of nitrogens with one attached hydrogen (secondary N) is 2. The van der Waals surface area contributed by atoms with Gasteiger partial charge in [-0.2, -0.15) is 10.1 Å². The number of methoxy groups -OCH3 is 3. The van der Waals surface area contributed by atoms with E-state index in [4.69, 9.17) is 19.2 Å². The molecule has 0 bridgehead atoms. The summed E-state index contributed by atoms with van der Waals surface area (Å²) >= 11 is 0. The van der Waals surface area contributed by atoms with Crippen LogP contribution >= 0.6 is 0 Å². The Bertz CT molecular complexity index is 1880. The lowest BCUT2D eigenvalue weighted by Crippen LogP contribution is -2.20. The van der Waals surface area contributed by atoms with Crippen LogP contribution in [0.5, 0.6) is 17.2 Å². The predicted octanol–water partition coefficient (Wildman–Crippen LogP) is 5.09. The van der Waals surface area contributed by atoms with Crippen molar-refractivity contribution in [1.82, 2.24) is 24.7 Å². The highest BCUT2D eigenvalue weighted by molar-refractivity contribution is 6.02. The van der Waals surface area contributed by atoms with E-state index in [-0.39, 0.29) is 5.56 Å². The maximum absolute atomic E-state index is 13.7. The Morgan fingerprint density at radius 1 is 0.821 bits per heavy atom. The van der Waals surface area contributed by atoms with Crippen LogP contribution < -0.4 is 25.1 Å². The summed E-state index contributed by atoms with van der Waals surface area (Å²) in [5, 5.41) is 11.3. The van der Waals surface area contributed by atoms with Gasteiger partial charge < -0.3 is 19.5 Å². The number of H-pyrrole nitrogens is 1. The summed E-state index contributed by atoms with van der Waals surface area (Å²) < 4.78 is 17.7. The highest BCUT2D eigenvalue weighted by atomic mass is 16.5. The summed E-state index contributed by atoms with van der Waals surface area (Å²) in [5.74, 6) is 2.34. The predicted molar refractivity (Wildman–Crippen MR) is 150 cm³/mol. The van der Waals surface area contributed by atoms with Crippen molar-refractivity contribution >= 4 is 33.6 Å². The first-order valence-electron chi connectivity index (χ1n) is 12.1. The molecule has 0 fully saturated rings. The summed E-state index contributed by atoms with van der Waals surface area (Å²) in [6, 6.07) is 20.8. The van der Waals surface area contributed by atoms with E-state index in [1.165, 1.54) is 6.20 Å². The van der Waals surface area contributed by atoms with Crippen LogP contribution in [0.4, 0.5) is 11.6 Å². The van der Waals surface area contributed by atoms with Gasteiger partial charge in [-0.25, -0.2) is 4.98 Å². The van der Waals surface area contributed by atoms with Crippen LogP contribution in [0, 0.1) is 0 Å². The number of aromatic amines is 1. The van der Waals surface area contributed by atoms with Crippen LogP contribution in [0.2, 0.25) is 0 Å². The van der Waals surface area contributed by atoms with Crippen molar-refractivity contribution in [2.45, 2.75) is 0 Å². The molecule has 39 heavy (non-hydrogen) atoms. The molecule has 0 spiro atoms. The number of pyridine rings is 1. The van der Waals surface area contributed by atoms with E-state index < -0.39 is 0 Å². The third-order valence-corrected chi connectivity index (χ3v) is 6.49. The molecule has 0 unspecified atom stereocenters. The lowest BCUT2D eigenvalue weighted by molar-refractivity contribution is 0.355. The first-order chi connectivity index (χ1) is 19.1. The average Bonchev–Trinajstić information content (AvgIpc) is 3.48. The molecule has 6 aromatic rings. The van der Waals surface area contributed by atoms with Crippen molar-refractivity contribution in [3.05, 3.63) is 89.5 Å². The summed E-state index contributed by atoms with van der Waals surface area (Å²) in [7, 11) is 4.81. The number of benzene rings is 3. The van der Waals surface area contributed by atoms with Gasteiger partial charge in [-0.3, -0.25) is 14.5 Å². The third kappa shape index (κ3) is 4.27. The number of anilines is 2. The van der Waals surface area contributed by atoms with Crippen LogP contribution in [0.3, 0.4) is 0 Å². The van der Waals surface area contributed by atoms with Crippen molar-refractivity contribution in [3.63, 3.8) is 0 Å². The standard InChI is InChI=1S/C29H24N6O4/c1-37-21-10-8-19(9-11-21)32-29-30-15-22-26-23(16-31-34-26)28(36)35(27(22)33-29)20-6-4-5-17(13-20)18-7-12-24(38-2)25(14-18)39-3/h4-16H,1-3H3,(H,31,34)(H,30,32,33). The van der Waals surface area contributed by atoms with Gasteiger partial charge in [0.1, 0.15) is 5.75 Å². The normalized spacial score (nSPS) is 11.1. The molecule has 0 atom stereocenters. The van der Waals surface area contributed by atoms with Crippen LogP contribution in [-0.4, -0.2) is 46.1 Å². The van der Waals surface area contributed by atoms with Gasteiger partial charge in [0, 0.05) is 11.9 Å². The summed E-state index contributed by atoms with van der Waals surface area (Å²) in [6.07, 6.45) is 3.21. The van der Waals surface area contributed by atoms with Crippen LogP contribution in [0.1, 0.15) is 0 Å². The van der Waals surface area contributed by atoms with E-state index in [1.807, 2.05) is 66.7 Å². The molecule has 3 aromatic heterocycles. The summed E-state index contributed by atoms with van der Waals surface area (Å²) in [6.45, 7) is 0. The molecule has 0 aliphatic heterocycles. The topological polar surface area (TPSA) is 116 Å². The minimum Gasteiger partial charge on any atom is -0.497 e. The first kappa shape index (κ1) is 24.0. The fraction of sp³-hybridized carbons (Fsp3) is 0.103. The van der Waals surface area contributed by atoms with Gasteiger partial charge in [0.05, 0.1) is 49.5 Å². The van der Waals surface area contributed by atoms with Crippen molar-refractivity contribution < 1.29 is 14.2 Å². The molecule has 0 saturated carbocycles. The molecule has 0 amide bonds. The van der Waals surface area contributed by atoms with E-state index in [0.717, 1.165) is 22.6 Å². The second-order valence-corrected chi connectivity index (χ2v) is 8.70. The lowest BCUT2D eigenvalue weighted by atomic mass is 10.0. The largest absolute Gasteiger partial charge is 0.497 e. The monoisotopic (exact) mass is 520 g/mol. The molecule has 10 heteroatoms. The zero-order valence-corrected chi connectivity index (χ0v) is 21.4. The van der Waals surface area contributed by atoms with Crippen LogP contribution in [0.15, 0.2) is 83.9 Å². The van der Waals surface area contributed by atoms with Crippen LogP contribution in [0.25, 0.3) is 38.8 Å². The van der Waals surface area contributed by atoms with E-state index in [2.05, 4.69) is 20.5 Å². The maximum atomic E-state index is 13.7. The molecule has 2 N–H and O–H groups in total. The van der Waals surface area contributed by atoms with Gasteiger partial charge >= 0.3 is 0 Å². The fourth-order valence-electron chi connectivity index (χ4n) is 4.53. The molecule has 0 aliphatic carbocycles. The molecule has 10 nitrogen and oxygen atoms in total. The highest BCUT2D eigenvalue weighted by Crippen LogP contribution is 2.33. The zero-order chi connectivity index (χ0) is 26.9. The molecule has 0 saturated heterocycles. The molecule has 0 aliphatic rings. The number of ether oxygens (including phenoxy) is 3. The highest BCUT2D eigenvalue weighted by Gasteiger charge is 2.17. The van der Waals surface area contributed by atoms with Gasteiger partial charge in [-0.1, -0.05) is 18.2 Å². The molecular formula is C29H24N6O4. The molecular weight excluding hydrogens is 496 g/mol. The van der Waals surface area contributed by atoms with Gasteiger partial charge in [0.25, 0.3) is 5.56 Å². The summed E-state index contributed by atoms with van der Waals surface area (Å²) in [4.78, 5) is 23.0. The minimum atomic E-state index is -0.246. The number of fused-ring (bicyclic) bond motifs is 3. The van der Waals surface area contributed by atoms with Crippen molar-refractivity contribution in [3.8, 4) is 34.1 Å². The number of aromatic nitrogens is 5. The van der Waals surface area contributed by atoms with Gasteiger partial charge in [0.15, 0.2) is 17.1 Å². The number of nitrogens with zero attached hydrogens (tertiary/aromatic N) is 4. The first-order valence-corrected chi connectivity index (χ1v) is 12.1. The number of hydrogen-bond acceptors (Lipinski definition) is 8. The smallest absolute Gasteiger partial charge is 0.267 e. The zero-order valence-electron chi connectivity index (χ0n) is 21.4. The Morgan fingerprint density at radius 2 is 1.62 bits per heavy atom. The maximum Gasteiger partial charge on any atom is 0.267 e. The third-order valence-electron chi connectivity index (χ3n) is 6.49. The Labute approximate surface area is 222 Å². The SMILES string of the molecule is COc1ccc(Nc2ncc3c4[nH]ncc4c(=O)n(-c4cccc(-c5ccc(OC)c(OC)c5)c4)c3n2)cc1. The molecule has 6 rings (SSSR count). The van der Waals surface area contributed by atoms with Crippen molar-refractivity contribution in [1.29, 1.82) is 0 Å². The molecule has 3 aromatic carbocycles. The lowest BCUT2D eigenvalue weighted by Gasteiger charge is -2.14. The average molecular weight is 521 g/mol. The summed E-state index contributed by atoms with van der Waals surface area (Å²) in [5.41, 5.74) is 4.01. The van der Waals surface area contributed by atoms with Gasteiger partial charge in [-0.15, -0.1) is 0 Å². The van der Waals surface area contributed by atoms with E-state index in [1.54, 1.807) is 32.1 Å². The van der Waals surface area contributed by atoms with E-state index >= 15 is 0 Å². The van der Waals surface area contributed by atoms with Gasteiger partial charge in [-0.05, 0) is 59.7 Å². The molecule has 3 heterocycles. The second-order valence-electron chi connectivity index (χ2n) is 8.70. The number of rotatable bonds is 7. The fourth-order valence-corrected chi connectivity index (χ4v) is 4.53. The van der Waals surface area contributed by atoms with E-state index in [9.17, 15) is 4.79 Å². The Kier molecular flexibility index (Phi) is 6.04. The van der Waals surface area contributed by atoms with Crippen molar-refractivity contribution in [2.75, 3.05) is 26.6 Å². The van der Waals surface area contributed by atoms with E-state index in [0.29, 0.717) is 45.1 Å². The second kappa shape index (κ2) is 9.82. The minimum absolute atomic E-state index is 0.246. The van der Waals surface area contributed by atoms with Gasteiger partial charge in [0.2, 0.25) is 5.95 Å². The molecule has 194 valence electrons. The molecule has 0 radical (unpaired) electrons. The number of hydrogen-bond donors (Lipinski definition) is 2. The Balaban J connectivity index is 1.51. The Morgan fingerprint density at radius 3 is 2.38 bits per heavy atom. The van der Waals surface area contributed by atoms with Crippen molar-refractivity contribution in [2.24, 2.45) is 0 Å². The quantitative estimate of drug-likeness (QED) is 0.299. The Hall–Kier alpha value is -5.38. The van der Waals surface area contributed by atoms with Crippen LogP contribution in [-0.2, 0) is 0 Å².